The zero-order valence-electron chi connectivity index (χ0n) is 8.06. The third kappa shape index (κ3) is 2.19. The van der Waals surface area contributed by atoms with E-state index >= 15 is 0 Å². The number of rotatable bonds is 1. The van der Waals surface area contributed by atoms with E-state index in [1.807, 2.05) is 0 Å². The van der Waals surface area contributed by atoms with Crippen molar-refractivity contribution in [3.05, 3.63) is 6.92 Å². The number of hydrogen-bond acceptors (Lipinski definition) is 1. The fourth-order valence-electron chi connectivity index (χ4n) is 1.68. The van der Waals surface area contributed by atoms with E-state index in [1.165, 1.54) is 19.5 Å². The summed E-state index contributed by atoms with van der Waals surface area (Å²) in [7, 11) is 0. The summed E-state index contributed by atoms with van der Waals surface area (Å²) in [5.74, 6) is 0.856. The lowest BCUT2D eigenvalue weighted by Gasteiger charge is -2.31. The molecule has 0 bridgehead atoms. The molecule has 1 heterocycles. The third-order valence-corrected chi connectivity index (χ3v) is 2.64. The van der Waals surface area contributed by atoms with E-state index in [9.17, 15) is 0 Å². The lowest BCUT2D eigenvalue weighted by molar-refractivity contribution is 0.168. The molecule has 1 aliphatic rings. The van der Waals surface area contributed by atoms with Gasteiger partial charge in [-0.2, -0.15) is 0 Å². The van der Waals surface area contributed by atoms with Crippen molar-refractivity contribution in [1.82, 2.24) is 4.90 Å². The highest BCUT2D eigenvalue weighted by Crippen LogP contribution is 2.25. The van der Waals surface area contributed by atoms with Crippen LogP contribution in [0.4, 0.5) is 0 Å². The van der Waals surface area contributed by atoms with Gasteiger partial charge in [-0.1, -0.05) is 6.92 Å². The zero-order valence-corrected chi connectivity index (χ0v) is 8.06. The Kier molecular flexibility index (Phi) is 2.58. The molecule has 1 aliphatic heterocycles. The molecule has 0 aromatic rings. The van der Waals surface area contributed by atoms with E-state index in [4.69, 9.17) is 0 Å². The van der Waals surface area contributed by atoms with Gasteiger partial charge in [-0.05, 0) is 46.1 Å². The van der Waals surface area contributed by atoms with E-state index < -0.39 is 0 Å². The predicted molar refractivity (Wildman–Crippen MR) is 49.4 cm³/mol. The molecule has 1 radical (unpaired) electrons. The van der Waals surface area contributed by atoms with E-state index in [0.717, 1.165) is 12.3 Å². The second kappa shape index (κ2) is 3.14. The van der Waals surface area contributed by atoms with Crippen LogP contribution < -0.4 is 0 Å². The maximum Gasteiger partial charge on any atom is 0.0125 e. The maximum atomic E-state index is 3.96. The second-order valence-electron chi connectivity index (χ2n) is 4.56. The van der Waals surface area contributed by atoms with Crippen molar-refractivity contribution in [3.63, 3.8) is 0 Å². The van der Waals surface area contributed by atoms with E-state index in [1.54, 1.807) is 0 Å². The molecule has 0 aliphatic carbocycles. The van der Waals surface area contributed by atoms with Crippen LogP contribution in [0.2, 0.25) is 0 Å². The largest absolute Gasteiger partial charge is 0.298 e. The molecule has 1 rings (SSSR count). The molecule has 0 aromatic carbocycles. The molecular formula is C10H20N. The van der Waals surface area contributed by atoms with Gasteiger partial charge in [0.25, 0.3) is 0 Å². The molecule has 1 saturated heterocycles. The molecule has 1 atom stereocenters. The van der Waals surface area contributed by atoms with Crippen molar-refractivity contribution in [2.75, 3.05) is 13.1 Å². The second-order valence-corrected chi connectivity index (χ2v) is 4.56. The van der Waals surface area contributed by atoms with Gasteiger partial charge in [-0.15, -0.1) is 0 Å². The fourth-order valence-corrected chi connectivity index (χ4v) is 1.68. The van der Waals surface area contributed by atoms with Crippen molar-refractivity contribution in [2.24, 2.45) is 5.92 Å². The first-order valence-corrected chi connectivity index (χ1v) is 4.58. The van der Waals surface area contributed by atoms with Crippen molar-refractivity contribution in [2.45, 2.75) is 39.2 Å². The molecule has 0 saturated carbocycles. The highest BCUT2D eigenvalue weighted by Gasteiger charge is 2.28. The summed E-state index contributed by atoms with van der Waals surface area (Å²) in [5.41, 5.74) is 0.365. The predicted octanol–water partition coefficient (Wildman–Crippen LogP) is 2.33. The van der Waals surface area contributed by atoms with Gasteiger partial charge in [0.2, 0.25) is 0 Å². The molecule has 1 heteroatoms. The Morgan fingerprint density at radius 3 is 2.36 bits per heavy atom. The molecule has 0 spiro atoms. The zero-order chi connectivity index (χ0) is 8.48. The average molecular weight is 154 g/mol. The normalized spacial score (nSPS) is 27.8. The Morgan fingerprint density at radius 1 is 1.45 bits per heavy atom. The van der Waals surface area contributed by atoms with Crippen molar-refractivity contribution in [1.29, 1.82) is 0 Å². The molecule has 0 aromatic heterocycles. The lowest BCUT2D eigenvalue weighted by atomic mass is 10.1. The van der Waals surface area contributed by atoms with Crippen molar-refractivity contribution in [3.8, 4) is 0 Å². The molecule has 11 heavy (non-hydrogen) atoms. The number of nitrogens with zero attached hydrogens (tertiary/aromatic N) is 1. The first-order valence-electron chi connectivity index (χ1n) is 4.58. The Morgan fingerprint density at radius 2 is 2.09 bits per heavy atom. The van der Waals surface area contributed by atoms with Crippen LogP contribution in [0.25, 0.3) is 0 Å². The standard InChI is InChI=1S/C10H20N/c1-5-9-6-7-11(8-9)10(2,3)4/h9H,1,5-8H2,2-4H3. The number of likely N-dealkylation sites (tertiary alicyclic amines) is 1. The first kappa shape index (κ1) is 9.05. The molecule has 1 unspecified atom stereocenters. The van der Waals surface area contributed by atoms with Gasteiger partial charge < -0.3 is 0 Å². The van der Waals surface area contributed by atoms with Gasteiger partial charge in [0.05, 0.1) is 0 Å². The van der Waals surface area contributed by atoms with Crippen molar-refractivity contribution < 1.29 is 0 Å². The smallest absolute Gasteiger partial charge is 0.0125 e. The van der Waals surface area contributed by atoms with Gasteiger partial charge in [-0.3, -0.25) is 4.90 Å². The van der Waals surface area contributed by atoms with Crippen LogP contribution in [-0.2, 0) is 0 Å². The Labute approximate surface area is 70.8 Å². The summed E-state index contributed by atoms with van der Waals surface area (Å²) >= 11 is 0. The van der Waals surface area contributed by atoms with Crippen LogP contribution in [0.15, 0.2) is 0 Å². The molecular weight excluding hydrogens is 134 g/mol. The summed E-state index contributed by atoms with van der Waals surface area (Å²) in [4.78, 5) is 2.56. The topological polar surface area (TPSA) is 3.24 Å². The fraction of sp³-hybridized carbons (Fsp3) is 0.900. The van der Waals surface area contributed by atoms with Crippen LogP contribution in [0, 0.1) is 12.8 Å². The third-order valence-electron chi connectivity index (χ3n) is 2.64. The molecule has 65 valence electrons. The summed E-state index contributed by atoms with van der Waals surface area (Å²) in [6.45, 7) is 13.4. The van der Waals surface area contributed by atoms with Crippen LogP contribution in [0.5, 0.6) is 0 Å². The Bertz CT molecular complexity index is 123. The van der Waals surface area contributed by atoms with Crippen LogP contribution in [0.3, 0.4) is 0 Å². The summed E-state index contributed by atoms with van der Waals surface area (Å²) in [6.07, 6.45) is 2.45. The van der Waals surface area contributed by atoms with E-state index in [0.29, 0.717) is 5.54 Å². The monoisotopic (exact) mass is 154 g/mol. The van der Waals surface area contributed by atoms with Crippen LogP contribution >= 0.6 is 0 Å². The lowest BCUT2D eigenvalue weighted by Crippen LogP contribution is -2.39. The van der Waals surface area contributed by atoms with Gasteiger partial charge >= 0.3 is 0 Å². The van der Waals surface area contributed by atoms with E-state index in [2.05, 4.69) is 32.6 Å². The summed E-state index contributed by atoms with van der Waals surface area (Å²) in [6, 6.07) is 0. The van der Waals surface area contributed by atoms with Crippen LogP contribution in [0.1, 0.15) is 33.6 Å². The average Bonchev–Trinajstić information content (AvgIpc) is 2.32. The van der Waals surface area contributed by atoms with E-state index in [-0.39, 0.29) is 0 Å². The van der Waals surface area contributed by atoms with Crippen molar-refractivity contribution >= 4 is 0 Å². The van der Waals surface area contributed by atoms with Gasteiger partial charge in [0, 0.05) is 12.1 Å². The minimum Gasteiger partial charge on any atom is -0.298 e. The summed E-state index contributed by atoms with van der Waals surface area (Å²) in [5, 5.41) is 0. The molecule has 1 fully saturated rings. The first-order chi connectivity index (χ1) is 5.04. The molecule has 0 amide bonds. The van der Waals surface area contributed by atoms with Gasteiger partial charge in [-0.25, -0.2) is 0 Å². The Hall–Kier alpha value is -0.0400. The van der Waals surface area contributed by atoms with Gasteiger partial charge in [0.15, 0.2) is 0 Å². The number of hydrogen-bond donors (Lipinski definition) is 0. The summed E-state index contributed by atoms with van der Waals surface area (Å²) < 4.78 is 0. The minimum atomic E-state index is 0.365. The molecule has 1 nitrogen and oxygen atoms in total. The SMILES string of the molecule is [CH2]CC1CCN(C(C)(C)C)C1. The maximum absolute atomic E-state index is 3.96. The highest BCUT2D eigenvalue weighted by atomic mass is 15.2. The van der Waals surface area contributed by atoms with Gasteiger partial charge in [0.1, 0.15) is 0 Å². The highest BCUT2D eigenvalue weighted by molar-refractivity contribution is 4.84. The minimum absolute atomic E-state index is 0.365. The Balaban J connectivity index is 2.42. The van der Waals surface area contributed by atoms with Crippen LogP contribution in [-0.4, -0.2) is 23.5 Å². The quantitative estimate of drug-likeness (QED) is 0.560. The molecule has 0 N–H and O–H groups in total.